The molecular formula is C40H42BN5O13. The van der Waals surface area contributed by atoms with Gasteiger partial charge in [-0.3, -0.25) is 33.7 Å². The second-order valence-electron chi connectivity index (χ2n) is 14.3. The molecule has 1 atom stereocenters. The number of nitrogens with zero attached hydrogens (tertiary/aromatic N) is 4. The fourth-order valence-electron chi connectivity index (χ4n) is 7.28. The molecule has 4 amide bonds. The van der Waals surface area contributed by atoms with E-state index in [1.165, 1.54) is 7.05 Å². The second-order valence-corrected chi connectivity index (χ2v) is 14.3. The molecule has 0 unspecified atom stereocenters. The Hall–Kier alpha value is -6.08. The summed E-state index contributed by atoms with van der Waals surface area (Å²) in [6.45, 7) is 2.24. The summed E-state index contributed by atoms with van der Waals surface area (Å²) in [7, 11) is 7.90. The third kappa shape index (κ3) is 8.43. The van der Waals surface area contributed by atoms with E-state index in [2.05, 4.69) is 12.2 Å². The van der Waals surface area contributed by atoms with Crippen LogP contribution in [0.5, 0.6) is 11.5 Å². The first kappa shape index (κ1) is 41.1. The van der Waals surface area contributed by atoms with Gasteiger partial charge in [0.05, 0.1) is 61.9 Å². The largest absolute Gasteiger partial charge is 0.458 e. The third-order valence-electron chi connectivity index (χ3n) is 10.4. The lowest BCUT2D eigenvalue weighted by atomic mass is 9.72. The van der Waals surface area contributed by atoms with Gasteiger partial charge in [0.2, 0.25) is 18.6 Å². The molecule has 0 spiro atoms. The maximum atomic E-state index is 14.0. The van der Waals surface area contributed by atoms with Gasteiger partial charge in [-0.05, 0) is 30.5 Å². The molecule has 0 fully saturated rings. The molecule has 0 bridgehead atoms. The highest BCUT2D eigenvalue weighted by Gasteiger charge is 2.47. The van der Waals surface area contributed by atoms with Gasteiger partial charge < -0.3 is 43.2 Å². The van der Waals surface area contributed by atoms with Crippen molar-refractivity contribution in [3.05, 3.63) is 63.0 Å². The molecule has 0 saturated heterocycles. The van der Waals surface area contributed by atoms with Crippen LogP contribution < -0.4 is 20.3 Å². The van der Waals surface area contributed by atoms with Gasteiger partial charge in [0.15, 0.2) is 24.8 Å². The Bertz CT molecular complexity index is 2310. The highest BCUT2D eigenvalue weighted by atomic mass is 16.7. The molecule has 308 valence electrons. The zero-order chi connectivity index (χ0) is 41.8. The van der Waals surface area contributed by atoms with Crippen LogP contribution in [-0.4, -0.2) is 123 Å². The maximum absolute atomic E-state index is 14.0. The van der Waals surface area contributed by atoms with Crippen molar-refractivity contribution in [1.82, 2.24) is 24.7 Å². The van der Waals surface area contributed by atoms with Crippen LogP contribution in [0.1, 0.15) is 54.9 Å². The van der Waals surface area contributed by atoms with Crippen molar-refractivity contribution in [2.75, 3.05) is 59.9 Å². The predicted molar refractivity (Wildman–Crippen MR) is 206 cm³/mol. The van der Waals surface area contributed by atoms with Crippen LogP contribution in [0.25, 0.3) is 22.3 Å². The van der Waals surface area contributed by atoms with Crippen molar-refractivity contribution in [3.8, 4) is 22.9 Å². The van der Waals surface area contributed by atoms with E-state index in [9.17, 15) is 33.6 Å². The number of rotatable bonds is 18. The average Bonchev–Trinajstić information content (AvgIpc) is 3.92. The second kappa shape index (κ2) is 17.4. The molecule has 0 aliphatic carbocycles. The van der Waals surface area contributed by atoms with Crippen LogP contribution >= 0.6 is 0 Å². The lowest BCUT2D eigenvalue weighted by molar-refractivity contribution is -0.178. The highest BCUT2D eigenvalue weighted by Crippen LogP contribution is 2.43. The van der Waals surface area contributed by atoms with Crippen LogP contribution in [-0.2, 0) is 72.8 Å². The number of ether oxygens (including phenoxy) is 6. The molecule has 4 aliphatic heterocycles. The predicted octanol–water partition coefficient (Wildman–Crippen LogP) is 0.731. The molecular weight excluding hydrogens is 769 g/mol. The Morgan fingerprint density at radius 1 is 0.949 bits per heavy atom. The lowest BCUT2D eigenvalue weighted by Crippen LogP contribution is -2.49. The number of aromatic nitrogens is 2. The van der Waals surface area contributed by atoms with Crippen molar-refractivity contribution >= 4 is 54.3 Å². The Kier molecular flexibility index (Phi) is 12.1. The zero-order valence-corrected chi connectivity index (χ0v) is 32.7. The molecule has 6 heterocycles. The van der Waals surface area contributed by atoms with Gasteiger partial charge in [0, 0.05) is 61.3 Å². The van der Waals surface area contributed by atoms with Gasteiger partial charge in [-0.15, -0.1) is 0 Å². The number of cyclic esters (lactones) is 1. The molecule has 19 heteroatoms. The van der Waals surface area contributed by atoms with E-state index in [1.54, 1.807) is 16.7 Å². The zero-order valence-electron chi connectivity index (χ0n) is 32.7. The van der Waals surface area contributed by atoms with Crippen LogP contribution in [0, 0.1) is 0 Å². The van der Waals surface area contributed by atoms with E-state index in [0.29, 0.717) is 28.4 Å². The molecule has 4 aliphatic rings. The van der Waals surface area contributed by atoms with E-state index in [1.807, 2.05) is 6.07 Å². The highest BCUT2D eigenvalue weighted by molar-refractivity contribution is 6.27. The number of esters is 2. The summed E-state index contributed by atoms with van der Waals surface area (Å²) < 4.78 is 34.5. The van der Waals surface area contributed by atoms with Crippen molar-refractivity contribution in [2.45, 2.75) is 57.7 Å². The molecule has 2 radical (unpaired) electrons. The lowest BCUT2D eigenvalue weighted by Gasteiger charge is -2.34. The number of amides is 4. The number of fused-ring (bicyclic) bond motifs is 6. The molecule has 0 saturated carbocycles. The Labute approximate surface area is 339 Å². The summed E-state index contributed by atoms with van der Waals surface area (Å²) in [5.74, 6) is -2.58. The Balaban J connectivity index is 0.915. The number of carbonyl (C=O) groups excluding carboxylic acids is 6. The minimum Gasteiger partial charge on any atom is -0.458 e. The fourth-order valence-corrected chi connectivity index (χ4v) is 7.28. The number of hydrogen-bond acceptors (Lipinski definition) is 14. The van der Waals surface area contributed by atoms with Gasteiger partial charge in [-0.1, -0.05) is 13.3 Å². The van der Waals surface area contributed by atoms with Crippen LogP contribution in [0.3, 0.4) is 0 Å². The number of likely N-dealkylation sites (N-methyl/N-ethyl adjacent to an activating group) is 1. The van der Waals surface area contributed by atoms with Gasteiger partial charge >= 0.3 is 11.9 Å². The number of imide groups is 1. The third-order valence-corrected chi connectivity index (χ3v) is 10.4. The van der Waals surface area contributed by atoms with Crippen molar-refractivity contribution < 1.29 is 57.2 Å². The quantitative estimate of drug-likeness (QED) is 0.0636. The summed E-state index contributed by atoms with van der Waals surface area (Å²) >= 11 is 0. The molecule has 1 N–H and O–H groups in total. The summed E-state index contributed by atoms with van der Waals surface area (Å²) in [5.41, 5.74) is 0.596. The standard InChI is InChI=1S/C40H42BN5O13/c1-3-4-5-23-24-16-30-31(58-22-57-30)18-28(24)43-37-25(23)19-46-29(37)17-27-26(38(46)52)21-56-39(53)40(27,41)59-36(51)20-44(2)33(48)9-12-54-14-15-55-13-10-42-32(47)8-11-45-34(49)6-7-35(45)50/h6-7,16-18H,3-5,8-15,19-22H2,1-2H3,(H,42,47)/t40-/m0/s1. The average molecular weight is 812 g/mol. The first-order valence-corrected chi connectivity index (χ1v) is 19.3. The summed E-state index contributed by atoms with van der Waals surface area (Å²) in [4.78, 5) is 95.4. The maximum Gasteiger partial charge on any atom is 0.345 e. The number of nitrogens with one attached hydrogen (secondary N) is 1. The minimum atomic E-state index is -2.47. The molecule has 3 aromatic rings. The first-order chi connectivity index (χ1) is 28.4. The monoisotopic (exact) mass is 811 g/mol. The number of carbonyl (C=O) groups is 6. The van der Waals surface area contributed by atoms with Crippen molar-refractivity contribution in [3.63, 3.8) is 0 Å². The molecule has 7 rings (SSSR count). The van der Waals surface area contributed by atoms with Gasteiger partial charge in [-0.2, -0.15) is 0 Å². The number of aryl methyl sites for hydroxylation is 1. The van der Waals surface area contributed by atoms with E-state index >= 15 is 0 Å². The van der Waals surface area contributed by atoms with Crippen LogP contribution in [0.15, 0.2) is 35.1 Å². The Morgan fingerprint density at radius 2 is 1.68 bits per heavy atom. The van der Waals surface area contributed by atoms with Crippen LogP contribution in [0.2, 0.25) is 0 Å². The summed E-state index contributed by atoms with van der Waals surface area (Å²) in [6, 6.07) is 5.28. The molecule has 2 aromatic heterocycles. The smallest absolute Gasteiger partial charge is 0.345 e. The van der Waals surface area contributed by atoms with E-state index in [4.69, 9.17) is 41.3 Å². The van der Waals surface area contributed by atoms with Crippen molar-refractivity contribution in [1.29, 1.82) is 0 Å². The summed E-state index contributed by atoms with van der Waals surface area (Å²) in [5, 5.41) is 3.53. The number of benzene rings is 1. The van der Waals surface area contributed by atoms with E-state index in [-0.39, 0.29) is 89.3 Å². The van der Waals surface area contributed by atoms with Gasteiger partial charge in [-0.25, -0.2) is 9.78 Å². The summed E-state index contributed by atoms with van der Waals surface area (Å²) in [6.07, 6.45) is 4.77. The molecule has 1 aromatic carbocycles. The SMILES string of the molecule is [B][C@@]1(OC(=O)CN(C)C(=O)CCOCCOCCNC(=O)CCN2C(=O)C=CC2=O)C(=O)OCc2c1cc1n(c2=O)Cc2c-1nc1cc3c(cc1c2CCCC)OCO3. The fraction of sp³-hybridized carbons (Fsp3) is 0.450. The first-order valence-electron chi connectivity index (χ1n) is 19.3. The van der Waals surface area contributed by atoms with E-state index < -0.39 is 47.3 Å². The Morgan fingerprint density at radius 3 is 2.42 bits per heavy atom. The molecule has 59 heavy (non-hydrogen) atoms. The minimum absolute atomic E-state index is 0.0110. The normalized spacial score (nSPS) is 17.2. The number of unbranched alkanes of at least 4 members (excludes halogenated alkanes) is 1. The molecule has 18 nitrogen and oxygen atoms in total. The van der Waals surface area contributed by atoms with Gasteiger partial charge in [0.1, 0.15) is 13.2 Å². The van der Waals surface area contributed by atoms with Crippen LogP contribution in [0.4, 0.5) is 0 Å². The number of hydrogen-bond donors (Lipinski definition) is 1. The number of pyridine rings is 2. The van der Waals surface area contributed by atoms with Crippen molar-refractivity contribution in [2.24, 2.45) is 0 Å². The van der Waals surface area contributed by atoms with Gasteiger partial charge in [0.25, 0.3) is 17.4 Å². The topological polar surface area (TPSA) is 211 Å². The van der Waals surface area contributed by atoms with E-state index in [0.717, 1.165) is 57.7 Å².